The van der Waals surface area contributed by atoms with Crippen LogP contribution in [-0.2, 0) is 6.54 Å². The van der Waals surface area contributed by atoms with E-state index in [1.165, 1.54) is 11.1 Å². The molecule has 2 heterocycles. The standard InChI is InChI=1S/C23H17ClN4S/c24-18-11-9-16(10-12-18)14-28-15-17(19-5-1-3-7-21(19)28)13-25-27-23-26-20-6-2-4-8-22(20)29-23/h1-13,15H,14H2,(H,26,27)/b25-13-. The van der Waals surface area contributed by atoms with Crippen LogP contribution in [0.4, 0.5) is 5.13 Å². The first-order valence-corrected chi connectivity index (χ1v) is 10.4. The predicted octanol–water partition coefficient (Wildman–Crippen LogP) is 6.40. The number of para-hydroxylation sites is 2. The maximum Gasteiger partial charge on any atom is 0.204 e. The van der Waals surface area contributed by atoms with Gasteiger partial charge >= 0.3 is 0 Å². The number of benzene rings is 3. The van der Waals surface area contributed by atoms with Crippen molar-refractivity contribution in [3.05, 3.63) is 95.1 Å². The lowest BCUT2D eigenvalue weighted by Crippen LogP contribution is -1.97. The summed E-state index contributed by atoms with van der Waals surface area (Å²) in [5.41, 5.74) is 7.48. The summed E-state index contributed by atoms with van der Waals surface area (Å²) in [5, 5.41) is 7.13. The molecule has 2 aromatic heterocycles. The molecule has 0 aliphatic rings. The number of nitrogens with zero attached hydrogens (tertiary/aromatic N) is 3. The topological polar surface area (TPSA) is 42.2 Å². The second-order valence-corrected chi connectivity index (χ2v) is 8.18. The number of halogens is 1. The van der Waals surface area contributed by atoms with E-state index in [1.54, 1.807) is 11.3 Å². The molecule has 29 heavy (non-hydrogen) atoms. The molecular formula is C23H17ClN4S. The van der Waals surface area contributed by atoms with Gasteiger partial charge in [-0.25, -0.2) is 4.98 Å². The normalized spacial score (nSPS) is 11.6. The van der Waals surface area contributed by atoms with Gasteiger partial charge < -0.3 is 4.57 Å². The van der Waals surface area contributed by atoms with E-state index in [9.17, 15) is 0 Å². The number of fused-ring (bicyclic) bond motifs is 2. The van der Waals surface area contributed by atoms with Crippen molar-refractivity contribution in [3.63, 3.8) is 0 Å². The largest absolute Gasteiger partial charge is 0.342 e. The number of rotatable bonds is 5. The van der Waals surface area contributed by atoms with Crippen molar-refractivity contribution in [2.75, 3.05) is 5.43 Å². The Morgan fingerprint density at radius 3 is 2.66 bits per heavy atom. The van der Waals surface area contributed by atoms with Crippen LogP contribution < -0.4 is 5.43 Å². The average Bonchev–Trinajstić information content (AvgIpc) is 3.31. The quantitative estimate of drug-likeness (QED) is 0.266. The molecule has 5 rings (SSSR count). The van der Waals surface area contributed by atoms with Crippen molar-refractivity contribution in [3.8, 4) is 0 Å². The van der Waals surface area contributed by atoms with Gasteiger partial charge in [-0.1, -0.05) is 65.4 Å². The van der Waals surface area contributed by atoms with Crippen LogP contribution in [-0.4, -0.2) is 15.8 Å². The highest BCUT2D eigenvalue weighted by molar-refractivity contribution is 7.22. The molecule has 0 saturated heterocycles. The zero-order valence-corrected chi connectivity index (χ0v) is 17.0. The zero-order valence-electron chi connectivity index (χ0n) is 15.4. The molecular weight excluding hydrogens is 400 g/mol. The Morgan fingerprint density at radius 2 is 1.79 bits per heavy atom. The van der Waals surface area contributed by atoms with E-state index in [0.29, 0.717) is 0 Å². The summed E-state index contributed by atoms with van der Waals surface area (Å²) >= 11 is 7.60. The van der Waals surface area contributed by atoms with Gasteiger partial charge in [0.2, 0.25) is 5.13 Å². The van der Waals surface area contributed by atoms with Crippen LogP contribution in [0, 0.1) is 0 Å². The fraction of sp³-hybridized carbons (Fsp3) is 0.0435. The van der Waals surface area contributed by atoms with Gasteiger partial charge in [-0.05, 0) is 35.9 Å². The minimum atomic E-state index is 0.750. The molecule has 0 unspecified atom stereocenters. The fourth-order valence-corrected chi connectivity index (χ4v) is 4.31. The first kappa shape index (κ1) is 17.9. The minimum absolute atomic E-state index is 0.750. The second kappa shape index (κ2) is 7.70. The summed E-state index contributed by atoms with van der Waals surface area (Å²) in [7, 11) is 0. The molecule has 0 aliphatic carbocycles. The van der Waals surface area contributed by atoms with E-state index in [4.69, 9.17) is 11.6 Å². The number of nitrogens with one attached hydrogen (secondary N) is 1. The van der Waals surface area contributed by atoms with Crippen molar-refractivity contribution < 1.29 is 0 Å². The highest BCUT2D eigenvalue weighted by Crippen LogP contribution is 2.26. The third kappa shape index (κ3) is 3.75. The summed E-state index contributed by atoms with van der Waals surface area (Å²) in [6.07, 6.45) is 3.98. The van der Waals surface area contributed by atoms with Crippen LogP contribution in [0.3, 0.4) is 0 Å². The van der Waals surface area contributed by atoms with Gasteiger partial charge in [0.15, 0.2) is 0 Å². The molecule has 6 heteroatoms. The van der Waals surface area contributed by atoms with E-state index in [0.717, 1.165) is 37.9 Å². The number of hydrogen-bond acceptors (Lipinski definition) is 4. The van der Waals surface area contributed by atoms with Gasteiger partial charge in [-0.15, -0.1) is 0 Å². The molecule has 4 nitrogen and oxygen atoms in total. The van der Waals surface area contributed by atoms with Crippen LogP contribution in [0.25, 0.3) is 21.1 Å². The molecule has 0 fully saturated rings. The van der Waals surface area contributed by atoms with Crippen LogP contribution >= 0.6 is 22.9 Å². The van der Waals surface area contributed by atoms with Gasteiger partial charge in [-0.3, -0.25) is 5.43 Å². The summed E-state index contributed by atoms with van der Waals surface area (Å²) in [5.74, 6) is 0. The van der Waals surface area contributed by atoms with Crippen LogP contribution in [0.1, 0.15) is 11.1 Å². The Labute approximate surface area is 177 Å². The van der Waals surface area contributed by atoms with Gasteiger partial charge in [0.1, 0.15) is 0 Å². The Hall–Kier alpha value is -3.15. The van der Waals surface area contributed by atoms with Gasteiger partial charge in [0.05, 0.1) is 16.4 Å². The lowest BCUT2D eigenvalue weighted by molar-refractivity contribution is 0.836. The lowest BCUT2D eigenvalue weighted by Gasteiger charge is -2.05. The van der Waals surface area contributed by atoms with Crippen molar-refractivity contribution in [1.82, 2.24) is 9.55 Å². The predicted molar refractivity (Wildman–Crippen MR) is 123 cm³/mol. The molecule has 0 spiro atoms. The molecule has 0 radical (unpaired) electrons. The molecule has 0 bridgehead atoms. The van der Waals surface area contributed by atoms with Crippen LogP contribution in [0.15, 0.2) is 84.1 Å². The Morgan fingerprint density at radius 1 is 1.00 bits per heavy atom. The van der Waals surface area contributed by atoms with Crippen molar-refractivity contribution in [1.29, 1.82) is 0 Å². The Balaban J connectivity index is 1.42. The van der Waals surface area contributed by atoms with Crippen LogP contribution in [0.2, 0.25) is 5.02 Å². The third-order valence-corrected chi connectivity index (χ3v) is 5.94. The van der Waals surface area contributed by atoms with Gasteiger partial charge in [0, 0.05) is 34.2 Å². The first-order valence-electron chi connectivity index (χ1n) is 9.23. The molecule has 0 saturated carbocycles. The van der Waals surface area contributed by atoms with E-state index in [1.807, 2.05) is 42.6 Å². The monoisotopic (exact) mass is 416 g/mol. The number of hydrazone groups is 1. The van der Waals surface area contributed by atoms with Gasteiger partial charge in [0.25, 0.3) is 0 Å². The number of anilines is 1. The molecule has 0 amide bonds. The average molecular weight is 417 g/mol. The second-order valence-electron chi connectivity index (χ2n) is 6.71. The lowest BCUT2D eigenvalue weighted by atomic mass is 10.2. The van der Waals surface area contributed by atoms with E-state index < -0.39 is 0 Å². The molecule has 0 aliphatic heterocycles. The SMILES string of the molecule is Clc1ccc(Cn2cc(/C=N\Nc3nc4ccccc4s3)c3ccccc32)cc1. The van der Waals surface area contributed by atoms with Crippen molar-refractivity contribution >= 4 is 55.4 Å². The zero-order chi connectivity index (χ0) is 19.6. The van der Waals surface area contributed by atoms with E-state index in [2.05, 4.69) is 62.7 Å². The third-order valence-electron chi connectivity index (χ3n) is 4.74. The summed E-state index contributed by atoms with van der Waals surface area (Å²) in [4.78, 5) is 4.55. The first-order chi connectivity index (χ1) is 14.3. The molecule has 5 aromatic rings. The summed E-state index contributed by atoms with van der Waals surface area (Å²) in [6.45, 7) is 0.775. The van der Waals surface area contributed by atoms with Crippen molar-refractivity contribution in [2.45, 2.75) is 6.54 Å². The molecule has 142 valence electrons. The maximum absolute atomic E-state index is 6.01. The molecule has 3 aromatic carbocycles. The number of thiazole rings is 1. The van der Waals surface area contributed by atoms with Crippen LogP contribution in [0.5, 0.6) is 0 Å². The Kier molecular flexibility index (Phi) is 4.76. The Bertz CT molecular complexity index is 1280. The summed E-state index contributed by atoms with van der Waals surface area (Å²) in [6, 6.07) is 24.4. The number of aromatic nitrogens is 2. The minimum Gasteiger partial charge on any atom is -0.342 e. The summed E-state index contributed by atoms with van der Waals surface area (Å²) < 4.78 is 3.38. The highest BCUT2D eigenvalue weighted by Gasteiger charge is 2.07. The number of hydrogen-bond donors (Lipinski definition) is 1. The smallest absolute Gasteiger partial charge is 0.204 e. The fourth-order valence-electron chi connectivity index (χ4n) is 3.37. The van der Waals surface area contributed by atoms with Gasteiger partial charge in [-0.2, -0.15) is 5.10 Å². The molecule has 1 N–H and O–H groups in total. The van der Waals surface area contributed by atoms with E-state index >= 15 is 0 Å². The molecule has 0 atom stereocenters. The maximum atomic E-state index is 6.01. The highest BCUT2D eigenvalue weighted by atomic mass is 35.5. The van der Waals surface area contributed by atoms with Crippen molar-refractivity contribution in [2.24, 2.45) is 5.10 Å². The van der Waals surface area contributed by atoms with E-state index in [-0.39, 0.29) is 0 Å².